The van der Waals surface area contributed by atoms with Crippen LogP contribution in [0.25, 0.3) is 0 Å². The van der Waals surface area contributed by atoms with Gasteiger partial charge in [0.1, 0.15) is 5.82 Å². The van der Waals surface area contributed by atoms with E-state index < -0.39 is 11.0 Å². The third kappa shape index (κ3) is 2.33. The topological polar surface area (TPSA) is 65.7 Å². The number of benzene rings is 1. The molecule has 1 heterocycles. The summed E-state index contributed by atoms with van der Waals surface area (Å²) in [6.45, 7) is 1.86. The van der Waals surface area contributed by atoms with Gasteiger partial charge in [0, 0.05) is 17.7 Å². The first-order chi connectivity index (χ1) is 8.08. The van der Waals surface area contributed by atoms with Gasteiger partial charge in [-0.05, 0) is 17.7 Å². The highest BCUT2D eigenvalue weighted by Gasteiger charge is 2.10. The van der Waals surface area contributed by atoms with E-state index in [4.69, 9.17) is 0 Å². The van der Waals surface area contributed by atoms with Crippen molar-refractivity contribution in [2.45, 2.75) is 12.8 Å². The van der Waals surface area contributed by atoms with Crippen LogP contribution in [-0.4, -0.2) is 10.2 Å². The van der Waals surface area contributed by atoms with Crippen molar-refractivity contribution < 1.29 is 4.39 Å². The summed E-state index contributed by atoms with van der Waals surface area (Å²) in [5.74, 6) is -0.434. The summed E-state index contributed by atoms with van der Waals surface area (Å²) in [7, 11) is 0. The van der Waals surface area contributed by atoms with E-state index in [0.29, 0.717) is 5.69 Å². The van der Waals surface area contributed by atoms with Crippen LogP contribution in [0.4, 0.5) is 4.39 Å². The Kier molecular flexibility index (Phi) is 2.91. The fraction of sp³-hybridized carbons (Fsp3) is 0.167. The molecule has 0 amide bonds. The third-order valence-corrected chi connectivity index (χ3v) is 2.67. The lowest BCUT2D eigenvalue weighted by atomic mass is 9.98. The molecule has 1 atom stereocenters. The van der Waals surface area contributed by atoms with Crippen molar-refractivity contribution in [1.29, 1.82) is 0 Å². The molecule has 0 unspecified atom stereocenters. The van der Waals surface area contributed by atoms with E-state index in [-0.39, 0.29) is 11.7 Å². The molecule has 0 aliphatic heterocycles. The van der Waals surface area contributed by atoms with Crippen LogP contribution < -0.4 is 11.0 Å². The average Bonchev–Trinajstić information content (AvgIpc) is 2.33. The zero-order valence-corrected chi connectivity index (χ0v) is 9.16. The lowest BCUT2D eigenvalue weighted by Crippen LogP contribution is -2.28. The number of aromatic nitrogens is 2. The Hall–Kier alpha value is -2.17. The normalized spacial score (nSPS) is 12.4. The largest absolute Gasteiger partial charge is 0.310 e. The van der Waals surface area contributed by atoms with Crippen LogP contribution >= 0.6 is 0 Å². The molecular formula is C12H11FN2O2. The summed E-state index contributed by atoms with van der Waals surface area (Å²) < 4.78 is 12.8. The predicted octanol–water partition coefficient (Wildman–Crippen LogP) is 1.35. The van der Waals surface area contributed by atoms with E-state index in [9.17, 15) is 14.0 Å². The van der Waals surface area contributed by atoms with Gasteiger partial charge in [0.2, 0.25) is 5.43 Å². The van der Waals surface area contributed by atoms with Gasteiger partial charge in [-0.25, -0.2) is 4.39 Å². The van der Waals surface area contributed by atoms with Gasteiger partial charge in [0.05, 0.1) is 0 Å². The molecule has 0 radical (unpaired) electrons. The SMILES string of the molecule is C[C@@H](c1ccc(F)cc1)c1cc(=O)c(=O)[nH][nH]1. The number of nitrogens with one attached hydrogen (secondary N) is 2. The summed E-state index contributed by atoms with van der Waals surface area (Å²) >= 11 is 0. The second kappa shape index (κ2) is 4.37. The van der Waals surface area contributed by atoms with Gasteiger partial charge in [-0.15, -0.1) is 0 Å². The van der Waals surface area contributed by atoms with Gasteiger partial charge < -0.3 is 5.10 Å². The lowest BCUT2D eigenvalue weighted by Gasteiger charge is -2.11. The van der Waals surface area contributed by atoms with Crippen molar-refractivity contribution in [3.63, 3.8) is 0 Å². The average molecular weight is 234 g/mol. The number of H-pyrrole nitrogens is 2. The molecule has 2 rings (SSSR count). The Morgan fingerprint density at radius 2 is 1.76 bits per heavy atom. The quantitative estimate of drug-likeness (QED) is 0.770. The highest BCUT2D eigenvalue weighted by atomic mass is 19.1. The minimum atomic E-state index is -0.681. The Balaban J connectivity index is 2.40. The molecule has 0 aliphatic carbocycles. The number of aromatic amines is 2. The van der Waals surface area contributed by atoms with Crippen molar-refractivity contribution in [3.05, 3.63) is 68.0 Å². The second-order valence-electron chi connectivity index (χ2n) is 3.82. The molecule has 5 heteroatoms. The maximum Gasteiger partial charge on any atom is 0.310 e. The van der Waals surface area contributed by atoms with Crippen LogP contribution in [0.15, 0.2) is 39.9 Å². The molecule has 2 N–H and O–H groups in total. The van der Waals surface area contributed by atoms with Crippen molar-refractivity contribution in [3.8, 4) is 0 Å². The van der Waals surface area contributed by atoms with Gasteiger partial charge in [-0.3, -0.25) is 14.7 Å². The number of hydrogen-bond acceptors (Lipinski definition) is 2. The summed E-state index contributed by atoms with van der Waals surface area (Å²) in [4.78, 5) is 22.1. The molecule has 1 aromatic carbocycles. The highest BCUT2D eigenvalue weighted by molar-refractivity contribution is 5.27. The van der Waals surface area contributed by atoms with Crippen molar-refractivity contribution in [2.24, 2.45) is 0 Å². The molecule has 17 heavy (non-hydrogen) atoms. The second-order valence-corrected chi connectivity index (χ2v) is 3.82. The molecule has 1 aromatic heterocycles. The van der Waals surface area contributed by atoms with Gasteiger partial charge in [-0.1, -0.05) is 19.1 Å². The Labute approximate surface area is 96.1 Å². The standard InChI is InChI=1S/C12H11FN2O2/c1-7(8-2-4-9(13)5-3-8)10-6-11(16)12(17)15-14-10/h2-7H,1H3,(H,14,16)(H,15,17)/t7-/m0/s1. The summed E-state index contributed by atoms with van der Waals surface area (Å²) in [5.41, 5.74) is 0.170. The van der Waals surface area contributed by atoms with E-state index >= 15 is 0 Å². The molecule has 0 saturated carbocycles. The van der Waals surface area contributed by atoms with E-state index in [1.807, 2.05) is 6.92 Å². The first-order valence-corrected chi connectivity index (χ1v) is 5.15. The van der Waals surface area contributed by atoms with Crippen molar-refractivity contribution >= 4 is 0 Å². The monoisotopic (exact) mass is 234 g/mol. The van der Waals surface area contributed by atoms with Crippen LogP contribution in [0.3, 0.4) is 0 Å². The maximum absolute atomic E-state index is 12.8. The molecule has 0 fully saturated rings. The minimum absolute atomic E-state index is 0.125. The molecule has 0 spiro atoms. The first kappa shape index (κ1) is 11.3. The minimum Gasteiger partial charge on any atom is -0.302 e. The van der Waals surface area contributed by atoms with Crippen LogP contribution in [0, 0.1) is 5.82 Å². The van der Waals surface area contributed by atoms with Gasteiger partial charge in [0.25, 0.3) is 0 Å². The van der Waals surface area contributed by atoms with E-state index in [1.54, 1.807) is 12.1 Å². The zero-order chi connectivity index (χ0) is 12.4. The van der Waals surface area contributed by atoms with E-state index in [0.717, 1.165) is 5.56 Å². The van der Waals surface area contributed by atoms with Gasteiger partial charge in [0.15, 0.2) is 0 Å². The van der Waals surface area contributed by atoms with Crippen LogP contribution in [0.2, 0.25) is 0 Å². The smallest absolute Gasteiger partial charge is 0.302 e. The molecule has 2 aromatic rings. The predicted molar refractivity (Wildman–Crippen MR) is 61.6 cm³/mol. The number of halogens is 1. The molecule has 0 aliphatic rings. The number of hydrogen-bond donors (Lipinski definition) is 2. The Morgan fingerprint density at radius 3 is 2.35 bits per heavy atom. The molecular weight excluding hydrogens is 223 g/mol. The lowest BCUT2D eigenvalue weighted by molar-refractivity contribution is 0.626. The summed E-state index contributed by atoms with van der Waals surface area (Å²) in [6.07, 6.45) is 0. The maximum atomic E-state index is 12.8. The third-order valence-electron chi connectivity index (χ3n) is 2.67. The molecule has 0 saturated heterocycles. The summed E-state index contributed by atoms with van der Waals surface area (Å²) in [5, 5.41) is 4.92. The Bertz CT molecular complexity index is 628. The molecule has 0 bridgehead atoms. The van der Waals surface area contributed by atoms with Crippen LogP contribution in [0.1, 0.15) is 24.1 Å². The number of rotatable bonds is 2. The Morgan fingerprint density at radius 1 is 1.12 bits per heavy atom. The fourth-order valence-electron chi connectivity index (χ4n) is 1.60. The van der Waals surface area contributed by atoms with Crippen molar-refractivity contribution in [2.75, 3.05) is 0 Å². The zero-order valence-electron chi connectivity index (χ0n) is 9.16. The molecule has 4 nitrogen and oxygen atoms in total. The molecule has 88 valence electrons. The van der Waals surface area contributed by atoms with Gasteiger partial charge >= 0.3 is 5.56 Å². The highest BCUT2D eigenvalue weighted by Crippen LogP contribution is 2.20. The van der Waals surface area contributed by atoms with Crippen molar-refractivity contribution in [1.82, 2.24) is 10.2 Å². The van der Waals surface area contributed by atoms with E-state index in [2.05, 4.69) is 10.2 Å². The van der Waals surface area contributed by atoms with Crippen LogP contribution in [-0.2, 0) is 0 Å². The van der Waals surface area contributed by atoms with Gasteiger partial charge in [-0.2, -0.15) is 0 Å². The van der Waals surface area contributed by atoms with Crippen LogP contribution in [0.5, 0.6) is 0 Å². The fourth-order valence-corrected chi connectivity index (χ4v) is 1.60. The summed E-state index contributed by atoms with van der Waals surface area (Å²) in [6, 6.07) is 7.25. The first-order valence-electron chi connectivity index (χ1n) is 5.15. The van der Waals surface area contributed by atoms with E-state index in [1.165, 1.54) is 18.2 Å².